The summed E-state index contributed by atoms with van der Waals surface area (Å²) >= 11 is 0. The molecule has 1 amide bonds. The predicted molar refractivity (Wildman–Crippen MR) is 112 cm³/mol. The number of amides is 1. The number of nitrogens with zero attached hydrogens (tertiary/aromatic N) is 1. The molecule has 3 aromatic carbocycles. The van der Waals surface area contributed by atoms with Crippen LogP contribution in [-0.2, 0) is 0 Å². The number of fused-ring (bicyclic) bond motifs is 1. The molecule has 5 heteroatoms. The van der Waals surface area contributed by atoms with Crippen LogP contribution in [0.3, 0.4) is 0 Å². The Morgan fingerprint density at radius 1 is 0.828 bits per heavy atom. The molecule has 29 heavy (non-hydrogen) atoms. The Kier molecular flexibility index (Phi) is 5.03. The van der Waals surface area contributed by atoms with E-state index in [0.717, 1.165) is 5.56 Å². The second-order valence-corrected chi connectivity index (χ2v) is 6.59. The van der Waals surface area contributed by atoms with Gasteiger partial charge in [-0.2, -0.15) is 0 Å². The average molecular weight is 382 g/mol. The number of pyridine rings is 1. The molecule has 1 heterocycles. The highest BCUT2D eigenvalue weighted by Gasteiger charge is 2.15. The summed E-state index contributed by atoms with van der Waals surface area (Å²) in [6.45, 7) is 1.97. The lowest BCUT2D eigenvalue weighted by Gasteiger charge is -2.12. The normalized spacial score (nSPS) is 10.5. The number of carbonyl (C=O) groups is 2. The Morgan fingerprint density at radius 3 is 2.34 bits per heavy atom. The number of hydrogen-bond donors (Lipinski definition) is 1. The summed E-state index contributed by atoms with van der Waals surface area (Å²) in [5.74, 6) is -0.298. The Bertz CT molecular complexity index is 1190. The highest BCUT2D eigenvalue weighted by Crippen LogP contribution is 2.31. The van der Waals surface area contributed by atoms with E-state index >= 15 is 0 Å². The van der Waals surface area contributed by atoms with Gasteiger partial charge in [0.15, 0.2) is 0 Å². The van der Waals surface area contributed by atoms with Crippen LogP contribution in [0.5, 0.6) is 5.75 Å². The second-order valence-electron chi connectivity index (χ2n) is 6.59. The zero-order chi connectivity index (χ0) is 20.2. The van der Waals surface area contributed by atoms with Gasteiger partial charge in [0.25, 0.3) is 5.91 Å². The van der Waals surface area contributed by atoms with E-state index in [4.69, 9.17) is 4.74 Å². The summed E-state index contributed by atoms with van der Waals surface area (Å²) in [6.07, 6.45) is 1.63. The molecular weight excluding hydrogens is 364 g/mol. The van der Waals surface area contributed by atoms with Gasteiger partial charge in [0, 0.05) is 17.1 Å². The van der Waals surface area contributed by atoms with Crippen molar-refractivity contribution in [2.75, 3.05) is 5.32 Å². The number of carbonyl (C=O) groups excluding carboxylic acids is 2. The molecule has 5 nitrogen and oxygen atoms in total. The number of ether oxygens (including phenoxy) is 1. The van der Waals surface area contributed by atoms with E-state index in [1.165, 1.54) is 0 Å². The van der Waals surface area contributed by atoms with Crippen molar-refractivity contribution in [3.63, 3.8) is 0 Å². The molecule has 0 saturated carbocycles. The van der Waals surface area contributed by atoms with Crippen LogP contribution in [-0.4, -0.2) is 16.9 Å². The fraction of sp³-hybridized carbons (Fsp3) is 0.0417. The van der Waals surface area contributed by atoms with Gasteiger partial charge in [-0.3, -0.25) is 9.78 Å². The number of anilines is 1. The van der Waals surface area contributed by atoms with Crippen LogP contribution in [0.25, 0.3) is 10.9 Å². The van der Waals surface area contributed by atoms with Crippen molar-refractivity contribution in [2.24, 2.45) is 0 Å². The Balaban J connectivity index is 1.64. The predicted octanol–water partition coefficient (Wildman–Crippen LogP) is 5.01. The first kappa shape index (κ1) is 18.4. The molecule has 142 valence electrons. The highest BCUT2D eigenvalue weighted by molar-refractivity contribution is 6.09. The fourth-order valence-electron chi connectivity index (χ4n) is 2.97. The maximum Gasteiger partial charge on any atom is 0.343 e. The SMILES string of the molecule is Cc1ccc(C(=O)Nc2ccc(OC(=O)c3ccccc3)c3cccnc23)cc1. The minimum Gasteiger partial charge on any atom is -0.422 e. The molecule has 0 aliphatic carbocycles. The van der Waals surface area contributed by atoms with Crippen molar-refractivity contribution in [2.45, 2.75) is 6.92 Å². The first-order chi connectivity index (χ1) is 14.1. The van der Waals surface area contributed by atoms with Gasteiger partial charge in [-0.15, -0.1) is 0 Å². The third-order valence-corrected chi connectivity index (χ3v) is 4.50. The van der Waals surface area contributed by atoms with Crippen LogP contribution < -0.4 is 10.1 Å². The van der Waals surface area contributed by atoms with E-state index in [9.17, 15) is 9.59 Å². The minimum atomic E-state index is -0.452. The summed E-state index contributed by atoms with van der Waals surface area (Å²) in [6, 6.07) is 23.0. The number of benzene rings is 3. The molecule has 0 fully saturated rings. The Labute approximate surface area is 168 Å². The molecule has 1 N–H and O–H groups in total. The lowest BCUT2D eigenvalue weighted by atomic mass is 10.1. The van der Waals surface area contributed by atoms with Crippen molar-refractivity contribution in [3.05, 3.63) is 102 Å². The molecule has 0 unspecified atom stereocenters. The molecule has 4 rings (SSSR count). The van der Waals surface area contributed by atoms with Gasteiger partial charge in [0.1, 0.15) is 5.75 Å². The largest absolute Gasteiger partial charge is 0.422 e. The number of hydrogen-bond acceptors (Lipinski definition) is 4. The van der Waals surface area contributed by atoms with Gasteiger partial charge in [-0.25, -0.2) is 4.79 Å². The van der Waals surface area contributed by atoms with Crippen molar-refractivity contribution < 1.29 is 14.3 Å². The summed E-state index contributed by atoms with van der Waals surface area (Å²) in [7, 11) is 0. The van der Waals surface area contributed by atoms with Gasteiger partial charge in [-0.1, -0.05) is 35.9 Å². The molecule has 0 saturated heterocycles. The quantitative estimate of drug-likeness (QED) is 0.398. The standard InChI is InChI=1S/C24H18N2O3/c1-16-9-11-17(12-10-16)23(27)26-20-13-14-21(19-8-5-15-25-22(19)20)29-24(28)18-6-3-2-4-7-18/h2-15H,1H3,(H,26,27). The van der Waals surface area contributed by atoms with Gasteiger partial charge >= 0.3 is 5.97 Å². The van der Waals surface area contributed by atoms with Crippen molar-refractivity contribution >= 4 is 28.5 Å². The Hall–Kier alpha value is -3.99. The zero-order valence-electron chi connectivity index (χ0n) is 15.8. The van der Waals surface area contributed by atoms with E-state index in [-0.39, 0.29) is 5.91 Å². The summed E-state index contributed by atoms with van der Waals surface area (Å²) in [5, 5.41) is 3.53. The summed E-state index contributed by atoms with van der Waals surface area (Å²) < 4.78 is 5.58. The van der Waals surface area contributed by atoms with Crippen LogP contribution in [0.15, 0.2) is 85.1 Å². The van der Waals surface area contributed by atoms with Crippen molar-refractivity contribution in [3.8, 4) is 5.75 Å². The molecule has 0 atom stereocenters. The topological polar surface area (TPSA) is 68.3 Å². The maximum atomic E-state index is 12.6. The van der Waals surface area contributed by atoms with E-state index in [0.29, 0.717) is 33.5 Å². The minimum absolute atomic E-state index is 0.231. The average Bonchev–Trinajstić information content (AvgIpc) is 2.76. The van der Waals surface area contributed by atoms with E-state index < -0.39 is 5.97 Å². The molecule has 0 radical (unpaired) electrons. The van der Waals surface area contributed by atoms with E-state index in [2.05, 4.69) is 10.3 Å². The number of rotatable bonds is 4. The Morgan fingerprint density at radius 2 is 1.59 bits per heavy atom. The third kappa shape index (κ3) is 3.99. The molecular formula is C24H18N2O3. The smallest absolute Gasteiger partial charge is 0.343 e. The first-order valence-electron chi connectivity index (χ1n) is 9.15. The van der Waals surface area contributed by atoms with Crippen molar-refractivity contribution in [1.29, 1.82) is 0 Å². The molecule has 0 bridgehead atoms. The molecule has 0 aliphatic heterocycles. The highest BCUT2D eigenvalue weighted by atomic mass is 16.5. The van der Waals surface area contributed by atoms with Gasteiger partial charge < -0.3 is 10.1 Å². The van der Waals surface area contributed by atoms with Gasteiger partial charge in [0.2, 0.25) is 0 Å². The fourth-order valence-corrected chi connectivity index (χ4v) is 2.97. The summed E-state index contributed by atoms with van der Waals surface area (Å²) in [4.78, 5) is 29.4. The zero-order valence-corrected chi connectivity index (χ0v) is 15.8. The lowest BCUT2D eigenvalue weighted by molar-refractivity contribution is 0.0737. The van der Waals surface area contributed by atoms with Crippen LogP contribution >= 0.6 is 0 Å². The number of nitrogens with one attached hydrogen (secondary N) is 1. The van der Waals surface area contributed by atoms with Gasteiger partial charge in [0.05, 0.1) is 16.8 Å². The monoisotopic (exact) mass is 382 g/mol. The lowest BCUT2D eigenvalue weighted by Crippen LogP contribution is -2.13. The van der Waals surface area contributed by atoms with Gasteiger partial charge in [-0.05, 0) is 55.5 Å². The second kappa shape index (κ2) is 7.94. The number of aromatic nitrogens is 1. The molecule has 4 aromatic rings. The molecule has 0 spiro atoms. The van der Waals surface area contributed by atoms with E-state index in [1.54, 1.807) is 66.9 Å². The van der Waals surface area contributed by atoms with Crippen molar-refractivity contribution in [1.82, 2.24) is 4.98 Å². The summed E-state index contributed by atoms with van der Waals surface area (Å²) in [5.41, 5.74) is 3.19. The van der Waals surface area contributed by atoms with E-state index in [1.807, 2.05) is 25.1 Å². The van der Waals surface area contributed by atoms with Crippen LogP contribution in [0.2, 0.25) is 0 Å². The van der Waals surface area contributed by atoms with Crippen LogP contribution in [0.4, 0.5) is 5.69 Å². The number of aryl methyl sites for hydroxylation is 1. The molecule has 1 aromatic heterocycles. The first-order valence-corrected chi connectivity index (χ1v) is 9.15. The third-order valence-electron chi connectivity index (χ3n) is 4.50. The number of esters is 1. The maximum absolute atomic E-state index is 12.6. The van der Waals surface area contributed by atoms with Crippen LogP contribution in [0.1, 0.15) is 26.3 Å². The molecule has 0 aliphatic rings. The van der Waals surface area contributed by atoms with Crippen LogP contribution in [0, 0.1) is 6.92 Å².